The molecule has 10 nitrogen and oxygen atoms in total. The second-order valence-corrected chi connectivity index (χ2v) is 10.8. The third kappa shape index (κ3) is 6.57. The summed E-state index contributed by atoms with van der Waals surface area (Å²) in [4.78, 5) is 23.8. The van der Waals surface area contributed by atoms with Gasteiger partial charge < -0.3 is 20.5 Å². The summed E-state index contributed by atoms with van der Waals surface area (Å²) >= 11 is 0. The van der Waals surface area contributed by atoms with Crippen molar-refractivity contribution < 1.29 is 27.9 Å². The van der Waals surface area contributed by atoms with Crippen LogP contribution in [0.3, 0.4) is 0 Å². The van der Waals surface area contributed by atoms with Crippen LogP contribution < -0.4 is 10.6 Å². The van der Waals surface area contributed by atoms with E-state index in [1.54, 1.807) is 18.2 Å². The lowest BCUT2D eigenvalue weighted by molar-refractivity contribution is -0.115. The monoisotopic (exact) mass is 492 g/mol. The molecule has 4 N–H and O–H groups in total. The summed E-state index contributed by atoms with van der Waals surface area (Å²) in [5.74, 6) is 0.509. The lowest BCUT2D eigenvalue weighted by Gasteiger charge is -2.21. The minimum atomic E-state index is -3.52. The van der Waals surface area contributed by atoms with E-state index in [2.05, 4.69) is 20.8 Å². The molecule has 1 aromatic carbocycles. The Morgan fingerprint density at radius 1 is 1.29 bits per heavy atom. The molecule has 3 unspecified atom stereocenters. The fourth-order valence-electron chi connectivity index (χ4n) is 4.69. The lowest BCUT2D eigenvalue weighted by atomic mass is 9.94. The summed E-state index contributed by atoms with van der Waals surface area (Å²) in [6.07, 6.45) is 3.36. The van der Waals surface area contributed by atoms with E-state index in [9.17, 15) is 18.0 Å². The molecular formula is C23H32N4O6S. The Balaban J connectivity index is 1.64. The maximum Gasteiger partial charge on any atom is 0.404 e. The van der Waals surface area contributed by atoms with Crippen LogP contribution >= 0.6 is 0 Å². The zero-order valence-electron chi connectivity index (χ0n) is 19.6. The van der Waals surface area contributed by atoms with Crippen LogP contribution in [0.4, 0.5) is 10.6 Å². The van der Waals surface area contributed by atoms with Gasteiger partial charge in [-0.2, -0.15) is 5.10 Å². The van der Waals surface area contributed by atoms with Gasteiger partial charge in [0, 0.05) is 31.4 Å². The lowest BCUT2D eigenvalue weighted by Crippen LogP contribution is -2.38. The van der Waals surface area contributed by atoms with Crippen molar-refractivity contribution in [2.75, 3.05) is 18.7 Å². The summed E-state index contributed by atoms with van der Waals surface area (Å²) in [5, 5.41) is 21.6. The maximum atomic E-state index is 12.6. The predicted octanol–water partition coefficient (Wildman–Crippen LogP) is 3.07. The number of nitrogens with one attached hydrogen (secondary N) is 3. The highest BCUT2D eigenvalue weighted by atomic mass is 32.2. The molecule has 0 saturated heterocycles. The second kappa shape index (κ2) is 11.0. The largest absolute Gasteiger partial charge is 0.465 e. The summed E-state index contributed by atoms with van der Waals surface area (Å²) < 4.78 is 29.5. The molecule has 3 atom stereocenters. The van der Waals surface area contributed by atoms with E-state index in [0.29, 0.717) is 16.9 Å². The van der Waals surface area contributed by atoms with Crippen molar-refractivity contribution in [3.05, 3.63) is 41.1 Å². The van der Waals surface area contributed by atoms with Gasteiger partial charge in [-0.15, -0.1) is 0 Å². The molecule has 1 heterocycles. The van der Waals surface area contributed by atoms with E-state index in [1.165, 1.54) is 13.2 Å². The number of methoxy groups -OCH3 is 1. The van der Waals surface area contributed by atoms with Gasteiger partial charge in [0.2, 0.25) is 5.91 Å². The minimum Gasteiger partial charge on any atom is -0.465 e. The molecule has 1 aliphatic carbocycles. The quantitative estimate of drug-likeness (QED) is 0.398. The molecule has 0 aliphatic heterocycles. The van der Waals surface area contributed by atoms with Gasteiger partial charge >= 0.3 is 6.09 Å². The molecule has 186 valence electrons. The predicted molar refractivity (Wildman–Crippen MR) is 127 cm³/mol. The Morgan fingerprint density at radius 2 is 2.06 bits per heavy atom. The number of carbonyl (C=O) groups is 2. The van der Waals surface area contributed by atoms with Crippen molar-refractivity contribution in [3.8, 4) is 0 Å². The fraction of sp³-hybridized carbons (Fsp3) is 0.522. The molecule has 1 aliphatic rings. The highest BCUT2D eigenvalue weighted by molar-refractivity contribution is 7.90. The molecule has 0 bridgehead atoms. The molecular weight excluding hydrogens is 460 g/mol. The third-order valence-electron chi connectivity index (χ3n) is 6.27. The standard InChI is InChI=1S/C23H32N4O6S/c1-4-18(24-23(29)30)15-7-8-16(10-15)19-12-21(27-26-19)25-22(28)11-17-6-5-14(13-33-2)9-20(17)34(3,31)32/h5-6,9,12,15-16,18,24H,4,7-8,10-11,13H2,1-3H3,(H,29,30)(H2,25,26,27,28). The van der Waals surface area contributed by atoms with E-state index in [4.69, 9.17) is 9.84 Å². The number of rotatable bonds is 10. The first-order chi connectivity index (χ1) is 16.1. The molecule has 2 amide bonds. The Bertz CT molecular complexity index is 1130. The van der Waals surface area contributed by atoms with Crippen LogP contribution in [0, 0.1) is 5.92 Å². The van der Waals surface area contributed by atoms with E-state index >= 15 is 0 Å². The first-order valence-electron chi connectivity index (χ1n) is 11.3. The highest BCUT2D eigenvalue weighted by Gasteiger charge is 2.33. The van der Waals surface area contributed by atoms with Gasteiger partial charge in [-0.25, -0.2) is 13.2 Å². The molecule has 3 rings (SSSR count). The number of anilines is 1. The van der Waals surface area contributed by atoms with Crippen LogP contribution in [0.1, 0.15) is 55.3 Å². The molecule has 0 radical (unpaired) electrons. The Kier molecular flexibility index (Phi) is 8.32. The third-order valence-corrected chi connectivity index (χ3v) is 7.45. The van der Waals surface area contributed by atoms with Crippen molar-refractivity contribution in [2.45, 2.75) is 62.5 Å². The van der Waals surface area contributed by atoms with Crippen LogP contribution in [0.2, 0.25) is 0 Å². The maximum absolute atomic E-state index is 12.6. The number of amides is 2. The summed E-state index contributed by atoms with van der Waals surface area (Å²) in [6.45, 7) is 2.25. The van der Waals surface area contributed by atoms with Gasteiger partial charge in [0.05, 0.1) is 23.6 Å². The van der Waals surface area contributed by atoms with Crippen LogP contribution in [-0.4, -0.2) is 55.1 Å². The first kappa shape index (κ1) is 25.7. The van der Waals surface area contributed by atoms with Crippen molar-refractivity contribution in [2.24, 2.45) is 5.92 Å². The van der Waals surface area contributed by atoms with Crippen molar-refractivity contribution in [3.63, 3.8) is 0 Å². The van der Waals surface area contributed by atoms with Crippen LogP contribution in [0.15, 0.2) is 29.2 Å². The van der Waals surface area contributed by atoms with Crippen molar-refractivity contribution in [1.29, 1.82) is 0 Å². The van der Waals surface area contributed by atoms with Gasteiger partial charge in [-0.3, -0.25) is 9.89 Å². The molecule has 11 heteroatoms. The number of benzene rings is 1. The zero-order chi connectivity index (χ0) is 24.9. The number of sulfone groups is 1. The molecule has 1 fully saturated rings. The van der Waals surface area contributed by atoms with E-state index in [-0.39, 0.29) is 41.7 Å². The van der Waals surface area contributed by atoms with E-state index in [1.807, 2.05) is 6.92 Å². The molecule has 0 spiro atoms. The minimum absolute atomic E-state index is 0.0834. The second-order valence-electron chi connectivity index (χ2n) is 8.81. The van der Waals surface area contributed by atoms with Gasteiger partial charge in [-0.1, -0.05) is 19.1 Å². The average molecular weight is 493 g/mol. The number of carbonyl (C=O) groups excluding carboxylic acids is 1. The number of H-pyrrole nitrogens is 1. The van der Waals surface area contributed by atoms with E-state index < -0.39 is 15.9 Å². The number of ether oxygens (including phenoxy) is 1. The number of aromatic nitrogens is 2. The first-order valence-corrected chi connectivity index (χ1v) is 13.1. The Labute approximate surface area is 199 Å². The molecule has 1 saturated carbocycles. The van der Waals surface area contributed by atoms with Crippen molar-refractivity contribution >= 4 is 27.7 Å². The topological polar surface area (TPSA) is 150 Å². The number of nitrogens with zero attached hydrogens (tertiary/aromatic N) is 1. The normalized spacial score (nSPS) is 19.0. The fourth-order valence-corrected chi connectivity index (χ4v) is 5.67. The molecule has 34 heavy (non-hydrogen) atoms. The van der Waals surface area contributed by atoms with Gasteiger partial charge in [0.25, 0.3) is 0 Å². The number of aromatic amines is 1. The Morgan fingerprint density at radius 3 is 2.71 bits per heavy atom. The molecule has 2 aromatic rings. The molecule has 1 aromatic heterocycles. The van der Waals surface area contributed by atoms with Crippen LogP contribution in [0.5, 0.6) is 0 Å². The Hall–Kier alpha value is -2.92. The van der Waals surface area contributed by atoms with Crippen molar-refractivity contribution in [1.82, 2.24) is 15.5 Å². The number of hydrogen-bond donors (Lipinski definition) is 4. The zero-order valence-corrected chi connectivity index (χ0v) is 20.4. The highest BCUT2D eigenvalue weighted by Crippen LogP contribution is 2.40. The van der Waals surface area contributed by atoms with Gasteiger partial charge in [-0.05, 0) is 48.8 Å². The summed E-state index contributed by atoms with van der Waals surface area (Å²) in [5.41, 5.74) is 1.95. The van der Waals surface area contributed by atoms with E-state index in [0.717, 1.165) is 37.6 Å². The van der Waals surface area contributed by atoms with Gasteiger partial charge in [0.1, 0.15) is 5.82 Å². The summed E-state index contributed by atoms with van der Waals surface area (Å²) in [7, 11) is -1.99. The smallest absolute Gasteiger partial charge is 0.404 e. The number of carboxylic acid groups (broad SMARTS) is 1. The van der Waals surface area contributed by atoms with Crippen LogP contribution in [0.25, 0.3) is 0 Å². The van der Waals surface area contributed by atoms with Crippen LogP contribution in [-0.2, 0) is 32.4 Å². The average Bonchev–Trinajstić information content (AvgIpc) is 3.42. The number of hydrogen-bond acceptors (Lipinski definition) is 6. The van der Waals surface area contributed by atoms with Gasteiger partial charge in [0.15, 0.2) is 9.84 Å². The SMILES string of the molecule is CCC(NC(=O)O)C1CCC(c2cc(NC(=O)Cc3ccc(COC)cc3S(C)(=O)=O)[nH]n2)C1. The summed E-state index contributed by atoms with van der Waals surface area (Å²) in [6, 6.07) is 6.62.